The monoisotopic (exact) mass is 367 g/mol. The fourth-order valence-electron chi connectivity index (χ4n) is 2.42. The minimum atomic E-state index is 0. The Bertz CT molecular complexity index is 223. The lowest BCUT2D eigenvalue weighted by Gasteiger charge is -2.21. The topological polar surface area (TPSA) is 50.4 Å². The molecule has 1 fully saturated rings. The molecule has 0 radical (unpaired) electrons. The molecule has 3 nitrogen and oxygen atoms in total. The van der Waals surface area contributed by atoms with Crippen LogP contribution in [0.2, 0.25) is 0 Å². The van der Waals surface area contributed by atoms with Crippen molar-refractivity contribution in [2.75, 3.05) is 13.1 Å². The number of aliphatic imine (C=N–C) groups is 1. The van der Waals surface area contributed by atoms with Crippen LogP contribution in [0.1, 0.15) is 58.8 Å². The molecule has 4 heteroatoms. The summed E-state index contributed by atoms with van der Waals surface area (Å²) in [5.41, 5.74) is 5.78. The fraction of sp³-hybridized carbons (Fsp3) is 0.929. The highest BCUT2D eigenvalue weighted by Gasteiger charge is 2.12. The summed E-state index contributed by atoms with van der Waals surface area (Å²) in [4.78, 5) is 4.29. The molecule has 0 aliphatic heterocycles. The molecule has 0 atom stereocenters. The molecular weight excluding hydrogens is 337 g/mol. The minimum absolute atomic E-state index is 0. The lowest BCUT2D eigenvalue weighted by atomic mass is 9.86. The van der Waals surface area contributed by atoms with E-state index in [-0.39, 0.29) is 24.0 Å². The summed E-state index contributed by atoms with van der Waals surface area (Å²) < 4.78 is 0. The van der Waals surface area contributed by atoms with Gasteiger partial charge in [-0.25, -0.2) is 0 Å². The van der Waals surface area contributed by atoms with Crippen molar-refractivity contribution >= 4 is 29.9 Å². The molecule has 1 saturated carbocycles. The van der Waals surface area contributed by atoms with Crippen LogP contribution in [0.5, 0.6) is 0 Å². The zero-order valence-corrected chi connectivity index (χ0v) is 14.3. The van der Waals surface area contributed by atoms with E-state index in [2.05, 4.69) is 24.2 Å². The largest absolute Gasteiger partial charge is 0.370 e. The van der Waals surface area contributed by atoms with Gasteiger partial charge in [0.2, 0.25) is 0 Å². The Morgan fingerprint density at radius 2 is 1.94 bits per heavy atom. The standard InChI is InChI=1S/C14H29N3.HI/c1-12(2)11-17-14(15)16-10-6-9-13-7-4-3-5-8-13;/h12-13H,3-11H2,1-2H3,(H3,15,16,17);1H. The summed E-state index contributed by atoms with van der Waals surface area (Å²) in [6, 6.07) is 0. The minimum Gasteiger partial charge on any atom is -0.370 e. The Balaban J connectivity index is 0.00000289. The Morgan fingerprint density at radius 1 is 1.28 bits per heavy atom. The lowest BCUT2D eigenvalue weighted by molar-refractivity contribution is 0.332. The van der Waals surface area contributed by atoms with Crippen molar-refractivity contribution in [3.63, 3.8) is 0 Å². The second-order valence-corrected chi connectivity index (χ2v) is 5.69. The molecule has 108 valence electrons. The first-order valence-electron chi connectivity index (χ1n) is 7.22. The van der Waals surface area contributed by atoms with Gasteiger partial charge >= 0.3 is 0 Å². The van der Waals surface area contributed by atoms with E-state index in [9.17, 15) is 0 Å². The maximum atomic E-state index is 5.78. The van der Waals surface area contributed by atoms with Gasteiger partial charge in [0.1, 0.15) is 0 Å². The van der Waals surface area contributed by atoms with Crippen LogP contribution < -0.4 is 11.1 Å². The van der Waals surface area contributed by atoms with Crippen molar-refractivity contribution in [1.29, 1.82) is 0 Å². The molecule has 0 heterocycles. The first kappa shape index (κ1) is 18.0. The van der Waals surface area contributed by atoms with Crippen LogP contribution in [0.15, 0.2) is 4.99 Å². The van der Waals surface area contributed by atoms with Crippen LogP contribution in [-0.2, 0) is 0 Å². The van der Waals surface area contributed by atoms with Crippen LogP contribution in [-0.4, -0.2) is 19.0 Å². The summed E-state index contributed by atoms with van der Waals surface area (Å²) >= 11 is 0. The summed E-state index contributed by atoms with van der Waals surface area (Å²) in [5, 5.41) is 3.21. The van der Waals surface area contributed by atoms with Gasteiger partial charge in [-0.2, -0.15) is 0 Å². The second-order valence-electron chi connectivity index (χ2n) is 5.69. The molecule has 1 aliphatic rings. The Kier molecular flexibility index (Phi) is 10.9. The number of nitrogens with two attached hydrogens (primary N) is 1. The SMILES string of the molecule is CC(C)CN=C(N)NCCCC1CCCCC1.I. The first-order chi connectivity index (χ1) is 8.18. The smallest absolute Gasteiger partial charge is 0.188 e. The van der Waals surface area contributed by atoms with E-state index in [0.717, 1.165) is 19.0 Å². The van der Waals surface area contributed by atoms with E-state index < -0.39 is 0 Å². The molecule has 0 aromatic rings. The molecule has 18 heavy (non-hydrogen) atoms. The summed E-state index contributed by atoms with van der Waals surface area (Å²) in [6.07, 6.45) is 9.79. The number of rotatable bonds is 6. The van der Waals surface area contributed by atoms with E-state index in [4.69, 9.17) is 5.73 Å². The number of hydrogen-bond acceptors (Lipinski definition) is 1. The molecule has 0 amide bonds. The van der Waals surface area contributed by atoms with E-state index in [1.54, 1.807) is 0 Å². The van der Waals surface area contributed by atoms with Crippen LogP contribution in [0.25, 0.3) is 0 Å². The molecule has 3 N–H and O–H groups in total. The number of nitrogens with one attached hydrogen (secondary N) is 1. The molecule has 1 aliphatic carbocycles. The normalized spacial score (nSPS) is 17.6. The highest BCUT2D eigenvalue weighted by Crippen LogP contribution is 2.26. The summed E-state index contributed by atoms with van der Waals surface area (Å²) in [7, 11) is 0. The van der Waals surface area contributed by atoms with E-state index >= 15 is 0 Å². The maximum Gasteiger partial charge on any atom is 0.188 e. The molecule has 0 bridgehead atoms. The highest BCUT2D eigenvalue weighted by atomic mass is 127. The molecule has 0 aromatic heterocycles. The van der Waals surface area contributed by atoms with Crippen molar-refractivity contribution in [3.05, 3.63) is 0 Å². The van der Waals surface area contributed by atoms with Gasteiger partial charge in [0.05, 0.1) is 0 Å². The van der Waals surface area contributed by atoms with Crippen molar-refractivity contribution in [1.82, 2.24) is 5.32 Å². The quantitative estimate of drug-likeness (QED) is 0.327. The van der Waals surface area contributed by atoms with Gasteiger partial charge in [0, 0.05) is 13.1 Å². The van der Waals surface area contributed by atoms with Crippen LogP contribution in [0, 0.1) is 11.8 Å². The summed E-state index contributed by atoms with van der Waals surface area (Å²) in [6.45, 7) is 6.10. The molecule has 0 aromatic carbocycles. The fourth-order valence-corrected chi connectivity index (χ4v) is 2.42. The van der Waals surface area contributed by atoms with E-state index in [1.165, 1.54) is 44.9 Å². The Labute approximate surface area is 129 Å². The van der Waals surface area contributed by atoms with Gasteiger partial charge in [-0.15, -0.1) is 24.0 Å². The Hall–Kier alpha value is 0. The van der Waals surface area contributed by atoms with Gasteiger partial charge in [-0.1, -0.05) is 46.0 Å². The average Bonchev–Trinajstić information content (AvgIpc) is 2.33. The number of nitrogens with zero attached hydrogens (tertiary/aromatic N) is 1. The van der Waals surface area contributed by atoms with Gasteiger partial charge in [0.15, 0.2) is 5.96 Å². The van der Waals surface area contributed by atoms with Gasteiger partial charge in [0.25, 0.3) is 0 Å². The van der Waals surface area contributed by atoms with Gasteiger partial charge < -0.3 is 11.1 Å². The summed E-state index contributed by atoms with van der Waals surface area (Å²) in [5.74, 6) is 2.17. The number of hydrogen-bond donors (Lipinski definition) is 2. The number of halogens is 1. The third-order valence-corrected chi connectivity index (χ3v) is 3.45. The van der Waals surface area contributed by atoms with Crippen molar-refractivity contribution in [2.24, 2.45) is 22.6 Å². The lowest BCUT2D eigenvalue weighted by Crippen LogP contribution is -2.33. The van der Waals surface area contributed by atoms with E-state index in [0.29, 0.717) is 11.9 Å². The van der Waals surface area contributed by atoms with Crippen molar-refractivity contribution in [2.45, 2.75) is 58.8 Å². The molecule has 0 unspecified atom stereocenters. The van der Waals surface area contributed by atoms with Crippen LogP contribution in [0.4, 0.5) is 0 Å². The molecule has 1 rings (SSSR count). The van der Waals surface area contributed by atoms with Gasteiger partial charge in [-0.3, -0.25) is 4.99 Å². The van der Waals surface area contributed by atoms with Crippen LogP contribution in [0.3, 0.4) is 0 Å². The van der Waals surface area contributed by atoms with Crippen molar-refractivity contribution in [3.8, 4) is 0 Å². The zero-order valence-electron chi connectivity index (χ0n) is 12.0. The molecule has 0 saturated heterocycles. The first-order valence-corrected chi connectivity index (χ1v) is 7.22. The third-order valence-electron chi connectivity index (χ3n) is 3.45. The zero-order chi connectivity index (χ0) is 12.5. The van der Waals surface area contributed by atoms with E-state index in [1.807, 2.05) is 0 Å². The molecular formula is C14H30IN3. The third kappa shape index (κ3) is 9.00. The predicted octanol–water partition coefficient (Wildman–Crippen LogP) is 3.53. The predicted molar refractivity (Wildman–Crippen MR) is 90.6 cm³/mol. The second kappa shape index (κ2) is 10.9. The maximum absolute atomic E-state index is 5.78. The van der Waals surface area contributed by atoms with Crippen molar-refractivity contribution < 1.29 is 0 Å². The highest BCUT2D eigenvalue weighted by molar-refractivity contribution is 14.0. The molecule has 0 spiro atoms. The van der Waals surface area contributed by atoms with Gasteiger partial charge in [-0.05, 0) is 24.7 Å². The Morgan fingerprint density at radius 3 is 2.56 bits per heavy atom. The van der Waals surface area contributed by atoms with Crippen LogP contribution >= 0.6 is 24.0 Å². The number of guanidine groups is 1. The average molecular weight is 367 g/mol.